The summed E-state index contributed by atoms with van der Waals surface area (Å²) in [5.41, 5.74) is 2.79. The fourth-order valence-electron chi connectivity index (χ4n) is 6.40. The molecular formula is C46H55BrCl2N2O11S2Si. The van der Waals surface area contributed by atoms with Crippen LogP contribution in [0.25, 0.3) is 21.3 Å². The first-order chi connectivity index (χ1) is 30.5. The highest BCUT2D eigenvalue weighted by Gasteiger charge is 2.33. The summed E-state index contributed by atoms with van der Waals surface area (Å²) in [5.74, 6) is -0.159. The number of rotatable bonds is 22. The van der Waals surface area contributed by atoms with Crippen LogP contribution in [0.4, 0.5) is 0 Å². The summed E-state index contributed by atoms with van der Waals surface area (Å²) in [6, 6.07) is 11.9. The van der Waals surface area contributed by atoms with Crippen LogP contribution in [0.3, 0.4) is 0 Å². The maximum atomic E-state index is 14.0. The second-order valence-electron chi connectivity index (χ2n) is 17.4. The highest BCUT2D eigenvalue weighted by atomic mass is 79.9. The summed E-state index contributed by atoms with van der Waals surface area (Å²) in [6.07, 6.45) is 0.564. The fourth-order valence-corrected chi connectivity index (χ4v) is 10.3. The van der Waals surface area contributed by atoms with Gasteiger partial charge in [-0.05, 0) is 111 Å². The molecule has 2 heterocycles. The number of ether oxygens (including phenoxy) is 6. The highest BCUT2D eigenvalue weighted by molar-refractivity contribution is 9.11. The van der Waals surface area contributed by atoms with Crippen LogP contribution in [-0.4, -0.2) is 88.6 Å². The second kappa shape index (κ2) is 22.3. The number of aromatic nitrogens is 2. The van der Waals surface area contributed by atoms with Gasteiger partial charge in [0, 0.05) is 32.2 Å². The molecule has 19 heteroatoms. The molecule has 1 unspecified atom stereocenters. The van der Waals surface area contributed by atoms with E-state index in [9.17, 15) is 18.3 Å². The Morgan fingerprint density at radius 1 is 0.969 bits per heavy atom. The zero-order chi connectivity index (χ0) is 47.9. The molecule has 5 aromatic rings. The summed E-state index contributed by atoms with van der Waals surface area (Å²) in [7, 11) is -5.48. The molecule has 2 aromatic heterocycles. The first-order valence-corrected chi connectivity index (χ1v) is 28.1. The van der Waals surface area contributed by atoms with Crippen molar-refractivity contribution < 1.29 is 50.9 Å². The minimum Gasteiger partial charge on any atom is -0.508 e. The van der Waals surface area contributed by atoms with E-state index in [0.29, 0.717) is 54.2 Å². The smallest absolute Gasteiger partial charge is 0.348 e. The standard InChI is InChI=1S/C46H55BrCl2N2O11S2Si/c1-11-18-56-23-32(24-59-64(54,55)33-15-12-27(2)13-16-33)60-41-39(48)28(3)36(29(4)40(41)49)37-38-43(50-25-51-44(38)63-42(37)47)61-35(45(53)62-46(5,6)7)22-30-21-31(52)14-17-34(30)58-26-57-19-20-65(8,9)10/h11-17,21,25,32,35,52H,1,18-20,22-24,26H2,2-10H3/t32-,35?/m1/s1. The molecule has 65 heavy (non-hydrogen) atoms. The SMILES string of the molecule is C=CCOC[C@H](COS(=O)(=O)c1ccc(C)cc1)Oc1c(Cl)c(C)c(-c2c(Br)sc3ncnc(OC(Cc4cc(O)ccc4OCOCC[Si](C)(C)C)C(=O)OC(C)(C)C)c23)c(C)c1Cl. The molecule has 0 fully saturated rings. The van der Waals surface area contributed by atoms with Gasteiger partial charge in [-0.25, -0.2) is 14.8 Å². The predicted molar refractivity (Wildman–Crippen MR) is 261 cm³/mol. The molecule has 352 valence electrons. The minimum absolute atomic E-state index is 0.00830. The molecule has 0 aliphatic carbocycles. The number of halogens is 3. The first kappa shape index (κ1) is 52.2. The zero-order valence-corrected chi connectivity index (χ0v) is 43.6. The number of hydrogen-bond acceptors (Lipinski definition) is 14. The van der Waals surface area contributed by atoms with Gasteiger partial charge in [-0.3, -0.25) is 4.18 Å². The molecule has 3 aromatic carbocycles. The summed E-state index contributed by atoms with van der Waals surface area (Å²) in [6.45, 7) is 21.3. The number of esters is 1. The number of aryl methyl sites for hydroxylation is 1. The van der Waals surface area contributed by atoms with Crippen LogP contribution in [0.5, 0.6) is 23.1 Å². The van der Waals surface area contributed by atoms with E-state index < -0.39 is 48.6 Å². The summed E-state index contributed by atoms with van der Waals surface area (Å²) in [4.78, 5) is 23.6. The Bertz CT molecular complexity index is 2570. The van der Waals surface area contributed by atoms with Gasteiger partial charge in [0.2, 0.25) is 12.0 Å². The van der Waals surface area contributed by atoms with Crippen molar-refractivity contribution in [2.24, 2.45) is 0 Å². The van der Waals surface area contributed by atoms with Crippen molar-refractivity contribution in [1.82, 2.24) is 9.97 Å². The summed E-state index contributed by atoms with van der Waals surface area (Å²) in [5, 5.41) is 11.3. The average molecular weight is 1050 g/mol. The largest absolute Gasteiger partial charge is 0.508 e. The molecule has 0 saturated heterocycles. The van der Waals surface area contributed by atoms with Gasteiger partial charge in [0.1, 0.15) is 41.0 Å². The molecular weight excluding hydrogens is 1000 g/mol. The lowest BCUT2D eigenvalue weighted by atomic mass is 9.95. The van der Waals surface area contributed by atoms with E-state index in [1.54, 1.807) is 58.9 Å². The van der Waals surface area contributed by atoms with Crippen LogP contribution in [0.1, 0.15) is 43.0 Å². The van der Waals surface area contributed by atoms with Gasteiger partial charge in [-0.15, -0.1) is 17.9 Å². The quantitative estimate of drug-likeness (QED) is 0.0174. The van der Waals surface area contributed by atoms with Crippen LogP contribution in [0.2, 0.25) is 35.7 Å². The van der Waals surface area contributed by atoms with Crippen molar-refractivity contribution in [1.29, 1.82) is 0 Å². The number of aromatic hydroxyl groups is 1. The number of thiophene rings is 1. The number of benzene rings is 3. The number of phenols is 1. The predicted octanol–water partition coefficient (Wildman–Crippen LogP) is 11.4. The third-order valence-corrected chi connectivity index (χ3v) is 15.4. The van der Waals surface area contributed by atoms with Crippen LogP contribution in [-0.2, 0) is 39.7 Å². The summed E-state index contributed by atoms with van der Waals surface area (Å²) >= 11 is 19.3. The van der Waals surface area contributed by atoms with Gasteiger partial charge in [-0.2, -0.15) is 8.42 Å². The number of nitrogens with zero attached hydrogens (tertiary/aromatic N) is 2. The number of carbonyl (C=O) groups excluding carboxylic acids is 1. The normalized spacial score (nSPS) is 13.1. The lowest BCUT2D eigenvalue weighted by Crippen LogP contribution is -2.37. The fraction of sp³-hybridized carbons (Fsp3) is 0.413. The van der Waals surface area contributed by atoms with Crippen molar-refractivity contribution in [3.05, 3.63) is 97.5 Å². The molecule has 0 spiro atoms. The van der Waals surface area contributed by atoms with Crippen LogP contribution in [0.15, 0.2) is 70.1 Å². The highest BCUT2D eigenvalue weighted by Crippen LogP contribution is 2.52. The molecule has 0 aliphatic rings. The molecule has 13 nitrogen and oxygen atoms in total. The number of hydrogen-bond donors (Lipinski definition) is 1. The van der Waals surface area contributed by atoms with E-state index in [2.05, 4.69) is 52.1 Å². The number of phenolic OH excluding ortho intramolecular Hbond substituents is 1. The maximum absolute atomic E-state index is 14.0. The Morgan fingerprint density at radius 3 is 2.28 bits per heavy atom. The van der Waals surface area contributed by atoms with Gasteiger partial charge in [0.05, 0.1) is 37.3 Å². The van der Waals surface area contributed by atoms with E-state index in [1.165, 1.54) is 41.9 Å². The average Bonchev–Trinajstić information content (AvgIpc) is 3.56. The van der Waals surface area contributed by atoms with Crippen molar-refractivity contribution in [3.8, 4) is 34.3 Å². The second-order valence-corrected chi connectivity index (χ2v) is 27.7. The third kappa shape index (κ3) is 14.1. The molecule has 2 atom stereocenters. The van der Waals surface area contributed by atoms with Crippen LogP contribution in [0, 0.1) is 20.8 Å². The van der Waals surface area contributed by atoms with Crippen molar-refractivity contribution in [2.75, 3.05) is 33.2 Å². The van der Waals surface area contributed by atoms with Gasteiger partial charge in [0.15, 0.2) is 12.5 Å². The molecule has 5 rings (SSSR count). The Morgan fingerprint density at radius 2 is 1.65 bits per heavy atom. The van der Waals surface area contributed by atoms with Gasteiger partial charge in [-0.1, -0.05) is 66.6 Å². The van der Waals surface area contributed by atoms with E-state index in [4.69, 9.17) is 55.8 Å². The Kier molecular flexibility index (Phi) is 17.9. The maximum Gasteiger partial charge on any atom is 0.348 e. The Hall–Kier alpha value is -3.78. The zero-order valence-electron chi connectivity index (χ0n) is 37.9. The molecule has 0 radical (unpaired) electrons. The van der Waals surface area contributed by atoms with Gasteiger partial charge in [0.25, 0.3) is 10.1 Å². The van der Waals surface area contributed by atoms with E-state index in [0.717, 1.165) is 11.6 Å². The Balaban J connectivity index is 1.51. The van der Waals surface area contributed by atoms with E-state index in [1.807, 2.05) is 6.92 Å². The number of carbonyl (C=O) groups is 1. The van der Waals surface area contributed by atoms with Crippen molar-refractivity contribution >= 4 is 84.8 Å². The molecule has 1 N–H and O–H groups in total. The minimum atomic E-state index is -4.15. The molecule has 0 saturated carbocycles. The van der Waals surface area contributed by atoms with Crippen molar-refractivity contribution in [2.45, 2.75) is 96.4 Å². The third-order valence-electron chi connectivity index (χ3n) is 9.68. The van der Waals surface area contributed by atoms with Gasteiger partial charge < -0.3 is 33.5 Å². The summed E-state index contributed by atoms with van der Waals surface area (Å²) < 4.78 is 68.6. The van der Waals surface area contributed by atoms with Crippen LogP contribution < -0.4 is 14.2 Å². The molecule has 0 amide bonds. The van der Waals surface area contributed by atoms with E-state index >= 15 is 0 Å². The monoisotopic (exact) mass is 1050 g/mol. The lowest BCUT2D eigenvalue weighted by Gasteiger charge is -2.25. The van der Waals surface area contributed by atoms with Crippen LogP contribution >= 0.6 is 50.5 Å². The molecule has 0 bridgehead atoms. The molecule has 0 aliphatic heterocycles. The first-order valence-electron chi connectivity index (χ1n) is 20.6. The Labute approximate surface area is 404 Å². The van der Waals surface area contributed by atoms with E-state index in [-0.39, 0.29) is 58.7 Å². The topological polar surface area (TPSA) is 162 Å². The number of fused-ring (bicyclic) bond motifs is 1. The van der Waals surface area contributed by atoms with Gasteiger partial charge >= 0.3 is 5.97 Å². The van der Waals surface area contributed by atoms with Crippen molar-refractivity contribution in [3.63, 3.8) is 0 Å². The lowest BCUT2D eigenvalue weighted by molar-refractivity contribution is -0.163.